The Bertz CT molecular complexity index is 689. The summed E-state index contributed by atoms with van der Waals surface area (Å²) >= 11 is 0. The lowest BCUT2D eigenvalue weighted by Crippen LogP contribution is -2.23. The van der Waals surface area contributed by atoms with Gasteiger partial charge in [0.25, 0.3) is 0 Å². The minimum Gasteiger partial charge on any atom is -0.361 e. The summed E-state index contributed by atoms with van der Waals surface area (Å²) in [5.41, 5.74) is 2.51. The molecule has 0 fully saturated rings. The van der Waals surface area contributed by atoms with Crippen LogP contribution in [0.15, 0.2) is 28.8 Å². The lowest BCUT2D eigenvalue weighted by Gasteiger charge is -2.01. The summed E-state index contributed by atoms with van der Waals surface area (Å²) in [4.78, 5) is 11.7. The van der Waals surface area contributed by atoms with Crippen molar-refractivity contribution in [2.45, 2.75) is 26.7 Å². The first-order valence-electron chi connectivity index (χ1n) is 6.99. The molecule has 1 aromatic carbocycles. The summed E-state index contributed by atoms with van der Waals surface area (Å²) in [6, 6.07) is 5.90. The number of halogens is 1. The molecule has 0 saturated heterocycles. The molecule has 0 bridgehead atoms. The third kappa shape index (κ3) is 4.45. The molecule has 5 heteroatoms. The summed E-state index contributed by atoms with van der Waals surface area (Å²) in [5, 5.41) is 6.58. The molecule has 4 nitrogen and oxygen atoms in total. The molecule has 0 aliphatic rings. The van der Waals surface area contributed by atoms with E-state index in [0.29, 0.717) is 18.4 Å². The topological polar surface area (TPSA) is 55.1 Å². The van der Waals surface area contributed by atoms with Crippen LogP contribution in [0.4, 0.5) is 4.39 Å². The summed E-state index contributed by atoms with van der Waals surface area (Å²) in [6.45, 7) is 3.96. The van der Waals surface area contributed by atoms with Gasteiger partial charge in [0.2, 0.25) is 5.91 Å². The van der Waals surface area contributed by atoms with Gasteiger partial charge in [-0.05, 0) is 44.5 Å². The van der Waals surface area contributed by atoms with Gasteiger partial charge in [0.05, 0.1) is 12.2 Å². The van der Waals surface area contributed by atoms with Crippen LogP contribution in [-0.2, 0) is 11.2 Å². The first kappa shape index (κ1) is 15.8. The Morgan fingerprint density at radius 3 is 2.68 bits per heavy atom. The van der Waals surface area contributed by atoms with Crippen molar-refractivity contribution in [3.8, 4) is 11.8 Å². The number of aromatic nitrogens is 1. The quantitative estimate of drug-likeness (QED) is 0.883. The number of amides is 1. The number of carbonyl (C=O) groups is 1. The second-order valence-electron chi connectivity index (χ2n) is 4.89. The fourth-order valence-electron chi connectivity index (χ4n) is 2.01. The molecule has 1 heterocycles. The number of hydrogen-bond acceptors (Lipinski definition) is 3. The summed E-state index contributed by atoms with van der Waals surface area (Å²) < 4.78 is 17.8. The molecular weight excluding hydrogens is 283 g/mol. The molecule has 1 amide bonds. The van der Waals surface area contributed by atoms with E-state index in [4.69, 9.17) is 4.52 Å². The molecule has 0 saturated carbocycles. The molecule has 2 rings (SSSR count). The van der Waals surface area contributed by atoms with Crippen LogP contribution in [-0.4, -0.2) is 17.6 Å². The van der Waals surface area contributed by atoms with Gasteiger partial charge >= 0.3 is 0 Å². The molecule has 1 aromatic heterocycles. The number of nitrogens with one attached hydrogen (secondary N) is 1. The van der Waals surface area contributed by atoms with Crippen LogP contribution >= 0.6 is 0 Å². The van der Waals surface area contributed by atoms with E-state index < -0.39 is 0 Å². The maximum absolute atomic E-state index is 12.7. The van der Waals surface area contributed by atoms with E-state index in [1.807, 2.05) is 13.8 Å². The van der Waals surface area contributed by atoms with Crippen molar-refractivity contribution in [2.24, 2.45) is 0 Å². The maximum Gasteiger partial charge on any atom is 0.221 e. The SMILES string of the molecule is Cc1noc(C)c1CCC(=O)NCC#Cc1ccc(F)cc1. The van der Waals surface area contributed by atoms with Crippen LogP contribution in [0.3, 0.4) is 0 Å². The van der Waals surface area contributed by atoms with Gasteiger partial charge in [0.15, 0.2) is 0 Å². The number of carbonyl (C=O) groups excluding carboxylic acids is 1. The van der Waals surface area contributed by atoms with E-state index in [2.05, 4.69) is 22.3 Å². The molecule has 2 aromatic rings. The average molecular weight is 300 g/mol. The highest BCUT2D eigenvalue weighted by Crippen LogP contribution is 2.13. The summed E-state index contributed by atoms with van der Waals surface area (Å²) in [7, 11) is 0. The zero-order valence-electron chi connectivity index (χ0n) is 12.6. The zero-order chi connectivity index (χ0) is 15.9. The van der Waals surface area contributed by atoms with E-state index in [0.717, 1.165) is 17.0 Å². The minimum absolute atomic E-state index is 0.0755. The highest BCUT2D eigenvalue weighted by atomic mass is 19.1. The first-order chi connectivity index (χ1) is 10.6. The molecule has 22 heavy (non-hydrogen) atoms. The molecular formula is C17H17FN2O2. The second-order valence-corrected chi connectivity index (χ2v) is 4.89. The van der Waals surface area contributed by atoms with Crippen LogP contribution in [0.2, 0.25) is 0 Å². The van der Waals surface area contributed by atoms with E-state index in [-0.39, 0.29) is 18.3 Å². The number of benzene rings is 1. The third-order valence-electron chi connectivity index (χ3n) is 3.23. The number of rotatable bonds is 4. The van der Waals surface area contributed by atoms with Crippen LogP contribution in [0, 0.1) is 31.5 Å². The maximum atomic E-state index is 12.7. The van der Waals surface area contributed by atoms with Gasteiger partial charge in [-0.1, -0.05) is 17.0 Å². The number of aryl methyl sites for hydroxylation is 2. The van der Waals surface area contributed by atoms with Crippen LogP contribution < -0.4 is 5.32 Å². The molecule has 1 N–H and O–H groups in total. The Morgan fingerprint density at radius 1 is 1.32 bits per heavy atom. The largest absolute Gasteiger partial charge is 0.361 e. The molecule has 0 spiro atoms. The van der Waals surface area contributed by atoms with Crippen LogP contribution in [0.5, 0.6) is 0 Å². The van der Waals surface area contributed by atoms with Gasteiger partial charge < -0.3 is 9.84 Å². The average Bonchev–Trinajstić information content (AvgIpc) is 2.82. The van der Waals surface area contributed by atoms with Crippen molar-refractivity contribution in [1.82, 2.24) is 10.5 Å². The summed E-state index contributed by atoms with van der Waals surface area (Å²) in [6.07, 6.45) is 0.958. The van der Waals surface area contributed by atoms with Crippen LogP contribution in [0.1, 0.15) is 29.0 Å². The first-order valence-corrected chi connectivity index (χ1v) is 6.99. The van der Waals surface area contributed by atoms with Gasteiger partial charge in [0.1, 0.15) is 11.6 Å². The van der Waals surface area contributed by atoms with E-state index in [1.165, 1.54) is 12.1 Å². The fraction of sp³-hybridized carbons (Fsp3) is 0.294. The Hall–Kier alpha value is -2.61. The number of nitrogens with zero attached hydrogens (tertiary/aromatic N) is 1. The smallest absolute Gasteiger partial charge is 0.221 e. The summed E-state index contributed by atoms with van der Waals surface area (Å²) in [5.74, 6) is 6.07. The standard InChI is InChI=1S/C17H17FN2O2/c1-12-16(13(2)22-20-12)9-10-17(21)19-11-3-4-14-5-7-15(18)8-6-14/h5-8H,9-11H2,1-2H3,(H,19,21). The lowest BCUT2D eigenvalue weighted by atomic mass is 10.1. The third-order valence-corrected chi connectivity index (χ3v) is 3.23. The molecule has 0 radical (unpaired) electrons. The van der Waals surface area contributed by atoms with Crippen molar-refractivity contribution in [1.29, 1.82) is 0 Å². The number of hydrogen-bond donors (Lipinski definition) is 1. The van der Waals surface area contributed by atoms with Gasteiger partial charge in [-0.3, -0.25) is 4.79 Å². The zero-order valence-corrected chi connectivity index (χ0v) is 12.6. The van der Waals surface area contributed by atoms with Crippen LogP contribution in [0.25, 0.3) is 0 Å². The van der Waals surface area contributed by atoms with Gasteiger partial charge in [-0.15, -0.1) is 0 Å². The highest BCUT2D eigenvalue weighted by Gasteiger charge is 2.10. The van der Waals surface area contributed by atoms with Gasteiger partial charge in [-0.25, -0.2) is 4.39 Å². The predicted molar refractivity (Wildman–Crippen MR) is 80.6 cm³/mol. The van der Waals surface area contributed by atoms with E-state index >= 15 is 0 Å². The van der Waals surface area contributed by atoms with E-state index in [9.17, 15) is 9.18 Å². The second kappa shape index (κ2) is 7.41. The lowest BCUT2D eigenvalue weighted by molar-refractivity contribution is -0.120. The van der Waals surface area contributed by atoms with Crippen molar-refractivity contribution in [2.75, 3.05) is 6.54 Å². The minimum atomic E-state index is -0.293. The Kier molecular flexibility index (Phi) is 5.31. The molecule has 0 aliphatic heterocycles. The fourth-order valence-corrected chi connectivity index (χ4v) is 2.01. The Labute approximate surface area is 128 Å². The normalized spacial score (nSPS) is 9.95. The highest BCUT2D eigenvalue weighted by molar-refractivity contribution is 5.76. The molecule has 114 valence electrons. The monoisotopic (exact) mass is 300 g/mol. The van der Waals surface area contributed by atoms with E-state index in [1.54, 1.807) is 12.1 Å². The molecule has 0 unspecified atom stereocenters. The van der Waals surface area contributed by atoms with Crippen molar-refractivity contribution < 1.29 is 13.7 Å². The Morgan fingerprint density at radius 2 is 2.05 bits per heavy atom. The van der Waals surface area contributed by atoms with Gasteiger partial charge in [-0.2, -0.15) is 0 Å². The Balaban J connectivity index is 1.76. The van der Waals surface area contributed by atoms with Crippen molar-refractivity contribution >= 4 is 5.91 Å². The van der Waals surface area contributed by atoms with Crippen molar-refractivity contribution in [3.63, 3.8) is 0 Å². The molecule has 0 atom stereocenters. The predicted octanol–water partition coefficient (Wildman–Crippen LogP) is 2.53. The van der Waals surface area contributed by atoms with Crippen molar-refractivity contribution in [3.05, 3.63) is 52.7 Å². The molecule has 0 aliphatic carbocycles. The van der Waals surface area contributed by atoms with Gasteiger partial charge in [0, 0.05) is 17.5 Å².